The molecule has 0 bridgehead atoms. The molecule has 1 heterocycles. The van der Waals surface area contributed by atoms with Crippen LogP contribution in [0.15, 0.2) is 18.3 Å². The lowest BCUT2D eigenvalue weighted by Crippen LogP contribution is -2.34. The highest BCUT2D eigenvalue weighted by atomic mass is 15.2. The van der Waals surface area contributed by atoms with Crippen LogP contribution in [-0.2, 0) is 6.54 Å². The van der Waals surface area contributed by atoms with Gasteiger partial charge in [0.1, 0.15) is 5.82 Å². The maximum atomic E-state index is 5.70. The molecule has 1 aromatic heterocycles. The Kier molecular flexibility index (Phi) is 4.09. The second-order valence-electron chi connectivity index (χ2n) is 4.29. The SMILES string of the molecule is CC(C)C(C)N(C)c1ncccc1CN. The molecule has 0 radical (unpaired) electrons. The summed E-state index contributed by atoms with van der Waals surface area (Å²) < 4.78 is 0. The maximum Gasteiger partial charge on any atom is 0.132 e. The van der Waals surface area contributed by atoms with Crippen molar-refractivity contribution in [1.82, 2.24) is 4.98 Å². The smallest absolute Gasteiger partial charge is 0.132 e. The lowest BCUT2D eigenvalue weighted by Gasteiger charge is -2.30. The van der Waals surface area contributed by atoms with Gasteiger partial charge in [-0.2, -0.15) is 0 Å². The first-order valence-corrected chi connectivity index (χ1v) is 5.44. The molecule has 1 atom stereocenters. The van der Waals surface area contributed by atoms with Gasteiger partial charge in [0.15, 0.2) is 0 Å². The Hall–Kier alpha value is -1.09. The van der Waals surface area contributed by atoms with E-state index in [4.69, 9.17) is 5.73 Å². The van der Waals surface area contributed by atoms with Gasteiger partial charge in [0.25, 0.3) is 0 Å². The molecule has 1 unspecified atom stereocenters. The third-order valence-electron chi connectivity index (χ3n) is 3.00. The Morgan fingerprint density at radius 3 is 2.60 bits per heavy atom. The predicted octanol–water partition coefficient (Wildman–Crippen LogP) is 2.02. The first-order chi connectivity index (χ1) is 7.07. The van der Waals surface area contributed by atoms with E-state index in [1.165, 1.54) is 0 Å². The summed E-state index contributed by atoms with van der Waals surface area (Å²) in [6.07, 6.45) is 1.82. The van der Waals surface area contributed by atoms with E-state index in [-0.39, 0.29) is 0 Å². The van der Waals surface area contributed by atoms with Crippen LogP contribution in [0.5, 0.6) is 0 Å². The van der Waals surface area contributed by atoms with Crippen molar-refractivity contribution >= 4 is 5.82 Å². The molecule has 0 aliphatic carbocycles. The van der Waals surface area contributed by atoms with Crippen molar-refractivity contribution in [2.75, 3.05) is 11.9 Å². The van der Waals surface area contributed by atoms with Gasteiger partial charge >= 0.3 is 0 Å². The van der Waals surface area contributed by atoms with E-state index in [2.05, 4.69) is 37.7 Å². The molecule has 2 N–H and O–H groups in total. The molecular weight excluding hydrogens is 186 g/mol. The van der Waals surface area contributed by atoms with Crippen LogP contribution in [-0.4, -0.2) is 18.1 Å². The van der Waals surface area contributed by atoms with E-state index >= 15 is 0 Å². The van der Waals surface area contributed by atoms with E-state index in [1.807, 2.05) is 18.3 Å². The van der Waals surface area contributed by atoms with Crippen molar-refractivity contribution in [2.45, 2.75) is 33.4 Å². The van der Waals surface area contributed by atoms with Gasteiger partial charge in [-0.1, -0.05) is 19.9 Å². The van der Waals surface area contributed by atoms with Crippen LogP contribution in [0.1, 0.15) is 26.3 Å². The summed E-state index contributed by atoms with van der Waals surface area (Å²) in [4.78, 5) is 6.60. The molecule has 0 saturated carbocycles. The topological polar surface area (TPSA) is 42.2 Å². The number of anilines is 1. The fraction of sp³-hybridized carbons (Fsp3) is 0.583. The van der Waals surface area contributed by atoms with E-state index < -0.39 is 0 Å². The van der Waals surface area contributed by atoms with Gasteiger partial charge < -0.3 is 10.6 Å². The second kappa shape index (κ2) is 5.12. The Morgan fingerprint density at radius 2 is 2.07 bits per heavy atom. The van der Waals surface area contributed by atoms with Gasteiger partial charge in [0.05, 0.1) is 0 Å². The third kappa shape index (κ3) is 2.69. The number of pyridine rings is 1. The molecule has 1 aromatic rings. The lowest BCUT2D eigenvalue weighted by atomic mass is 10.0. The van der Waals surface area contributed by atoms with Crippen molar-refractivity contribution in [3.63, 3.8) is 0 Å². The first-order valence-electron chi connectivity index (χ1n) is 5.44. The number of aromatic nitrogens is 1. The highest BCUT2D eigenvalue weighted by molar-refractivity contribution is 5.46. The number of nitrogens with zero attached hydrogens (tertiary/aromatic N) is 2. The van der Waals surface area contributed by atoms with Gasteiger partial charge in [-0.3, -0.25) is 0 Å². The third-order valence-corrected chi connectivity index (χ3v) is 3.00. The quantitative estimate of drug-likeness (QED) is 0.821. The van der Waals surface area contributed by atoms with Crippen LogP contribution in [0.4, 0.5) is 5.82 Å². The highest BCUT2D eigenvalue weighted by Crippen LogP contribution is 2.20. The van der Waals surface area contributed by atoms with Crippen molar-refractivity contribution in [1.29, 1.82) is 0 Å². The normalized spacial score (nSPS) is 12.9. The van der Waals surface area contributed by atoms with E-state index in [9.17, 15) is 0 Å². The van der Waals surface area contributed by atoms with Crippen LogP contribution in [0, 0.1) is 5.92 Å². The summed E-state index contributed by atoms with van der Waals surface area (Å²) in [6, 6.07) is 4.43. The van der Waals surface area contributed by atoms with Crippen molar-refractivity contribution in [3.8, 4) is 0 Å². The van der Waals surface area contributed by atoms with Crippen LogP contribution in [0.2, 0.25) is 0 Å². The number of nitrogens with two attached hydrogens (primary N) is 1. The van der Waals surface area contributed by atoms with E-state index in [1.54, 1.807) is 0 Å². The molecule has 0 aliphatic rings. The van der Waals surface area contributed by atoms with Crippen LogP contribution >= 0.6 is 0 Å². The Balaban J connectivity index is 2.94. The molecule has 0 aliphatic heterocycles. The Bertz CT molecular complexity index is 309. The second-order valence-corrected chi connectivity index (χ2v) is 4.29. The number of hydrogen-bond donors (Lipinski definition) is 1. The fourth-order valence-corrected chi connectivity index (χ4v) is 1.55. The highest BCUT2D eigenvalue weighted by Gasteiger charge is 2.16. The zero-order valence-corrected chi connectivity index (χ0v) is 10.1. The lowest BCUT2D eigenvalue weighted by molar-refractivity contribution is 0.501. The molecule has 1 rings (SSSR count). The average Bonchev–Trinajstić information content (AvgIpc) is 2.26. The van der Waals surface area contributed by atoms with Gasteiger partial charge in [-0.15, -0.1) is 0 Å². The van der Waals surface area contributed by atoms with Gasteiger partial charge in [-0.25, -0.2) is 4.98 Å². The maximum absolute atomic E-state index is 5.70. The minimum atomic E-state index is 0.463. The minimum Gasteiger partial charge on any atom is -0.356 e. The summed E-state index contributed by atoms with van der Waals surface area (Å²) in [5.41, 5.74) is 6.80. The number of rotatable bonds is 4. The fourth-order valence-electron chi connectivity index (χ4n) is 1.55. The average molecular weight is 207 g/mol. The largest absolute Gasteiger partial charge is 0.356 e. The van der Waals surface area contributed by atoms with Gasteiger partial charge in [-0.05, 0) is 18.9 Å². The van der Waals surface area contributed by atoms with Crippen molar-refractivity contribution in [3.05, 3.63) is 23.9 Å². The summed E-state index contributed by atoms with van der Waals surface area (Å²) >= 11 is 0. The van der Waals surface area contributed by atoms with Gasteiger partial charge in [0.2, 0.25) is 0 Å². The molecule has 15 heavy (non-hydrogen) atoms. The summed E-state index contributed by atoms with van der Waals surface area (Å²) in [5, 5.41) is 0. The minimum absolute atomic E-state index is 0.463. The molecule has 3 heteroatoms. The molecule has 3 nitrogen and oxygen atoms in total. The monoisotopic (exact) mass is 207 g/mol. The molecule has 84 valence electrons. The van der Waals surface area contributed by atoms with Crippen LogP contribution in [0.3, 0.4) is 0 Å². The summed E-state index contributed by atoms with van der Waals surface area (Å²) in [7, 11) is 2.08. The summed E-state index contributed by atoms with van der Waals surface area (Å²) in [6.45, 7) is 7.18. The summed E-state index contributed by atoms with van der Waals surface area (Å²) in [5.74, 6) is 1.60. The Labute approximate surface area is 92.3 Å². The Morgan fingerprint density at radius 1 is 1.40 bits per heavy atom. The standard InChI is InChI=1S/C12H21N3/c1-9(2)10(3)15(4)12-11(8-13)6-5-7-14-12/h5-7,9-10H,8,13H2,1-4H3. The molecule has 0 saturated heterocycles. The van der Waals surface area contributed by atoms with Crippen molar-refractivity contribution < 1.29 is 0 Å². The van der Waals surface area contributed by atoms with E-state index in [0.29, 0.717) is 18.5 Å². The van der Waals surface area contributed by atoms with Crippen molar-refractivity contribution in [2.24, 2.45) is 11.7 Å². The molecular formula is C12H21N3. The number of hydrogen-bond acceptors (Lipinski definition) is 3. The predicted molar refractivity (Wildman–Crippen MR) is 64.8 cm³/mol. The molecule has 0 aromatic carbocycles. The molecule has 0 fully saturated rings. The molecule has 0 spiro atoms. The van der Waals surface area contributed by atoms with Crippen LogP contribution in [0.25, 0.3) is 0 Å². The first kappa shape index (κ1) is 12.0. The zero-order valence-electron chi connectivity index (χ0n) is 10.1. The van der Waals surface area contributed by atoms with Crippen LogP contribution < -0.4 is 10.6 Å². The molecule has 0 amide bonds. The zero-order chi connectivity index (χ0) is 11.4. The van der Waals surface area contributed by atoms with Gasteiger partial charge in [0, 0.05) is 31.4 Å². The van der Waals surface area contributed by atoms with E-state index in [0.717, 1.165) is 11.4 Å².